The summed E-state index contributed by atoms with van der Waals surface area (Å²) in [7, 11) is 2.02. The molecule has 2 aliphatic rings. The molecule has 4 rings (SSSR count). The number of allylic oxidation sites excluding steroid dienone is 7. The van der Waals surface area contributed by atoms with E-state index >= 15 is 0 Å². The predicted molar refractivity (Wildman–Crippen MR) is 135 cm³/mol. The largest absolute Gasteiger partial charge is 0.313 e. The van der Waals surface area contributed by atoms with Gasteiger partial charge in [-0.2, -0.15) is 0 Å². The van der Waals surface area contributed by atoms with E-state index in [-0.39, 0.29) is 12.0 Å². The molecule has 1 nitrogen and oxygen atoms in total. The molecule has 2 aromatic carbocycles. The molecule has 0 saturated heterocycles. The van der Waals surface area contributed by atoms with Crippen molar-refractivity contribution in [1.29, 1.82) is 0 Å². The third-order valence-corrected chi connectivity index (χ3v) is 6.63. The maximum Gasteiger partial charge on any atom is 0.0354 e. The average molecular weight is 408 g/mol. The second-order valence-corrected chi connectivity index (χ2v) is 8.69. The highest BCUT2D eigenvalue weighted by Gasteiger charge is 2.46. The van der Waals surface area contributed by atoms with Crippen LogP contribution in [-0.2, 0) is 0 Å². The van der Waals surface area contributed by atoms with E-state index in [0.717, 1.165) is 11.8 Å². The zero-order chi connectivity index (χ0) is 21.8. The molecule has 1 heteroatoms. The van der Waals surface area contributed by atoms with E-state index in [1.54, 1.807) is 5.57 Å². The third-order valence-electron chi connectivity index (χ3n) is 6.63. The van der Waals surface area contributed by atoms with Gasteiger partial charge in [0.1, 0.15) is 0 Å². The van der Waals surface area contributed by atoms with Crippen LogP contribution in [-0.4, -0.2) is 13.1 Å². The smallest absolute Gasteiger partial charge is 0.0354 e. The zero-order valence-electron chi connectivity index (χ0n) is 18.9. The van der Waals surface area contributed by atoms with Crippen LogP contribution in [0.25, 0.3) is 16.7 Å². The quantitative estimate of drug-likeness (QED) is 0.429. The van der Waals surface area contributed by atoms with Crippen LogP contribution in [0.4, 0.5) is 0 Å². The first-order valence-electron chi connectivity index (χ1n) is 11.3. The molecule has 0 aliphatic heterocycles. The predicted octanol–water partition coefficient (Wildman–Crippen LogP) is 7.32. The van der Waals surface area contributed by atoms with Crippen molar-refractivity contribution in [2.75, 3.05) is 7.05 Å². The second-order valence-electron chi connectivity index (χ2n) is 8.69. The zero-order valence-corrected chi connectivity index (χ0v) is 18.9. The van der Waals surface area contributed by atoms with Gasteiger partial charge in [-0.3, -0.25) is 0 Å². The Morgan fingerprint density at radius 3 is 2.45 bits per heavy atom. The molecule has 0 amide bonds. The highest BCUT2D eigenvalue weighted by atomic mass is 14.9. The van der Waals surface area contributed by atoms with Crippen molar-refractivity contribution in [2.45, 2.75) is 32.2 Å². The van der Waals surface area contributed by atoms with Gasteiger partial charge in [-0.25, -0.2) is 0 Å². The van der Waals surface area contributed by atoms with Crippen LogP contribution in [0.3, 0.4) is 0 Å². The summed E-state index contributed by atoms with van der Waals surface area (Å²) in [6.07, 6.45) is 16.5. The first kappa shape index (κ1) is 21.3. The van der Waals surface area contributed by atoms with Gasteiger partial charge in [0.2, 0.25) is 0 Å². The molecule has 0 radical (unpaired) electrons. The van der Waals surface area contributed by atoms with Gasteiger partial charge in [0.05, 0.1) is 0 Å². The number of hydrogen-bond acceptors (Lipinski definition) is 1. The van der Waals surface area contributed by atoms with Crippen molar-refractivity contribution in [3.8, 4) is 11.1 Å². The van der Waals surface area contributed by atoms with Crippen molar-refractivity contribution in [3.63, 3.8) is 0 Å². The monoisotopic (exact) mass is 407 g/mol. The number of hydrogen-bond donors (Lipinski definition) is 1. The fourth-order valence-corrected chi connectivity index (χ4v) is 4.49. The molecule has 4 atom stereocenters. The minimum atomic E-state index is 0.187. The van der Waals surface area contributed by atoms with Crippen molar-refractivity contribution in [1.82, 2.24) is 5.32 Å². The lowest BCUT2D eigenvalue weighted by atomic mass is 9.87. The first-order chi connectivity index (χ1) is 15.1. The fraction of sp³-hybridized carbons (Fsp3) is 0.267. The number of likely N-dealkylation sites (N-methyl/N-ethyl adjacent to an activating group) is 1. The SMILES string of the molecule is C=C/C=C\C(NC)C(/C=C\C(C)=C/C)c1cccc(-c2cccc(C3=C[C@@H]4CC34)c2)c1. The van der Waals surface area contributed by atoms with Gasteiger partial charge in [0.15, 0.2) is 0 Å². The van der Waals surface area contributed by atoms with Crippen molar-refractivity contribution in [2.24, 2.45) is 11.8 Å². The molecule has 0 bridgehead atoms. The van der Waals surface area contributed by atoms with Gasteiger partial charge in [-0.15, -0.1) is 0 Å². The normalized spacial score (nSPS) is 22.0. The van der Waals surface area contributed by atoms with Crippen molar-refractivity contribution < 1.29 is 0 Å². The maximum atomic E-state index is 3.84. The highest BCUT2D eigenvalue weighted by molar-refractivity contribution is 5.80. The summed E-state index contributed by atoms with van der Waals surface area (Å²) in [5.74, 6) is 1.93. The van der Waals surface area contributed by atoms with Crippen molar-refractivity contribution >= 4 is 5.57 Å². The highest BCUT2D eigenvalue weighted by Crippen LogP contribution is 2.58. The van der Waals surface area contributed by atoms with Gasteiger partial charge < -0.3 is 5.32 Å². The van der Waals surface area contributed by atoms with E-state index in [0.29, 0.717) is 0 Å². The van der Waals surface area contributed by atoms with E-state index < -0.39 is 0 Å². The summed E-state index contributed by atoms with van der Waals surface area (Å²) in [5, 5.41) is 3.47. The molecule has 2 aliphatic carbocycles. The lowest BCUT2D eigenvalue weighted by Crippen LogP contribution is -2.29. The summed E-state index contributed by atoms with van der Waals surface area (Å²) < 4.78 is 0. The molecular weight excluding hydrogens is 374 g/mol. The Bertz CT molecular complexity index is 1070. The maximum absolute atomic E-state index is 3.84. The number of fused-ring (bicyclic) bond motifs is 1. The van der Waals surface area contributed by atoms with Crippen LogP contribution in [0.15, 0.2) is 103 Å². The van der Waals surface area contributed by atoms with E-state index in [9.17, 15) is 0 Å². The minimum absolute atomic E-state index is 0.187. The minimum Gasteiger partial charge on any atom is -0.313 e. The van der Waals surface area contributed by atoms with Crippen LogP contribution in [0.5, 0.6) is 0 Å². The molecule has 2 aromatic rings. The van der Waals surface area contributed by atoms with E-state index in [4.69, 9.17) is 0 Å². The van der Waals surface area contributed by atoms with Crippen molar-refractivity contribution in [3.05, 3.63) is 114 Å². The molecule has 3 unspecified atom stereocenters. The molecule has 0 aromatic heterocycles. The van der Waals surface area contributed by atoms with Crippen LogP contribution in [0.1, 0.15) is 37.3 Å². The molecule has 1 fully saturated rings. The summed E-state index contributed by atoms with van der Waals surface area (Å²) in [4.78, 5) is 0. The summed E-state index contributed by atoms with van der Waals surface area (Å²) in [5.41, 5.74) is 8.08. The van der Waals surface area contributed by atoms with E-state index in [1.807, 2.05) is 19.2 Å². The van der Waals surface area contributed by atoms with Gasteiger partial charge in [-0.05, 0) is 73.0 Å². The van der Waals surface area contributed by atoms with Gasteiger partial charge in [0, 0.05) is 12.0 Å². The Morgan fingerprint density at radius 2 is 1.81 bits per heavy atom. The molecular formula is C30H33N. The van der Waals surface area contributed by atoms with E-state index in [2.05, 4.69) is 105 Å². The molecule has 1 N–H and O–H groups in total. The lowest BCUT2D eigenvalue weighted by Gasteiger charge is -2.23. The number of benzene rings is 2. The lowest BCUT2D eigenvalue weighted by molar-refractivity contribution is 0.608. The number of nitrogens with one attached hydrogen (secondary N) is 1. The summed E-state index contributed by atoms with van der Waals surface area (Å²) in [6.45, 7) is 8.06. The van der Waals surface area contributed by atoms with Gasteiger partial charge in [-0.1, -0.05) is 97.1 Å². The molecule has 0 heterocycles. The number of rotatable bonds is 9. The second kappa shape index (κ2) is 9.49. The Hall–Kier alpha value is -2.90. The molecule has 31 heavy (non-hydrogen) atoms. The fourth-order valence-electron chi connectivity index (χ4n) is 4.49. The first-order valence-corrected chi connectivity index (χ1v) is 11.3. The van der Waals surface area contributed by atoms with Crippen LogP contribution in [0.2, 0.25) is 0 Å². The molecule has 1 saturated carbocycles. The van der Waals surface area contributed by atoms with Gasteiger partial charge >= 0.3 is 0 Å². The average Bonchev–Trinajstić information content (AvgIpc) is 3.44. The summed E-state index contributed by atoms with van der Waals surface area (Å²) >= 11 is 0. The Labute approximate surface area is 187 Å². The van der Waals surface area contributed by atoms with Crippen LogP contribution in [0, 0.1) is 11.8 Å². The van der Waals surface area contributed by atoms with Crippen LogP contribution < -0.4 is 5.32 Å². The van der Waals surface area contributed by atoms with Crippen LogP contribution >= 0.6 is 0 Å². The van der Waals surface area contributed by atoms with Gasteiger partial charge in [0.25, 0.3) is 0 Å². The molecule has 0 spiro atoms. The Kier molecular flexibility index (Phi) is 6.53. The Morgan fingerprint density at radius 1 is 1.06 bits per heavy atom. The summed E-state index contributed by atoms with van der Waals surface area (Å²) in [6, 6.07) is 18.2. The third kappa shape index (κ3) is 4.73. The Balaban J connectivity index is 1.67. The molecule has 158 valence electrons. The standard InChI is InChI=1S/C30H33N/c1-5-7-14-30(31-4)27(16-15-21(3)6-2)24-12-8-10-22(17-24)23-11-9-13-25(18-23)28-19-26-20-29(26)28/h5-19,26-27,29-31H,1,20H2,2-4H3/b14-7-,16-15-,21-6-/t26-,27?,29?,30?/m1/s1. The topological polar surface area (TPSA) is 12.0 Å². The van der Waals surface area contributed by atoms with E-state index in [1.165, 1.54) is 34.2 Å².